The molecule has 0 amide bonds. The molecule has 3 rings (SSSR count). The van der Waals surface area contributed by atoms with Crippen LogP contribution in [0.4, 0.5) is 0 Å². The molecule has 0 saturated carbocycles. The van der Waals surface area contributed by atoms with Crippen molar-refractivity contribution in [1.82, 2.24) is 4.98 Å². The minimum absolute atomic E-state index is 0. The molecule has 3 heteroatoms. The van der Waals surface area contributed by atoms with E-state index < -0.39 is 0 Å². The summed E-state index contributed by atoms with van der Waals surface area (Å²) in [4.78, 5) is 3.20. The van der Waals surface area contributed by atoms with Crippen LogP contribution in [0.1, 0.15) is 0 Å². The summed E-state index contributed by atoms with van der Waals surface area (Å²) < 4.78 is 0. The predicted molar refractivity (Wildman–Crippen MR) is 57.5 cm³/mol. The summed E-state index contributed by atoms with van der Waals surface area (Å²) in [5.41, 5.74) is 1.87. The van der Waals surface area contributed by atoms with Gasteiger partial charge in [-0.25, -0.2) is 0 Å². The van der Waals surface area contributed by atoms with Gasteiger partial charge in [-0.1, -0.05) is 30.3 Å². The van der Waals surface area contributed by atoms with E-state index in [0.29, 0.717) is 5.75 Å². The number of nitrogens with one attached hydrogen (secondary N) is 1. The van der Waals surface area contributed by atoms with Crippen molar-refractivity contribution < 1.29 is 21.9 Å². The number of aromatic hydroxyl groups is 1. The average Bonchev–Trinajstić information content (AvgIpc) is 2.59. The van der Waals surface area contributed by atoms with E-state index in [1.165, 1.54) is 0 Å². The van der Waals surface area contributed by atoms with Gasteiger partial charge in [-0.2, -0.15) is 0 Å². The summed E-state index contributed by atoms with van der Waals surface area (Å²) in [5, 5.41) is 11.9. The standard InChI is InChI=1S/C12H9NO.Co/c14-11-7-3-5-9-8-4-1-2-6-10(8)13-12(9)11;/h1-7,13-14H;. The van der Waals surface area contributed by atoms with Crippen LogP contribution in [0.25, 0.3) is 21.8 Å². The number of benzene rings is 2. The molecule has 1 heterocycles. The number of phenolic OH excluding ortho intramolecular Hbond substituents is 1. The Morgan fingerprint density at radius 3 is 2.47 bits per heavy atom. The molecule has 2 N–H and O–H groups in total. The molecule has 0 atom stereocenters. The average molecular weight is 242 g/mol. The van der Waals surface area contributed by atoms with Crippen molar-refractivity contribution in [3.05, 3.63) is 42.5 Å². The van der Waals surface area contributed by atoms with Gasteiger partial charge in [0, 0.05) is 33.1 Å². The number of rotatable bonds is 0. The molecule has 2 aromatic carbocycles. The van der Waals surface area contributed by atoms with Crippen molar-refractivity contribution in [3.8, 4) is 5.75 Å². The number of aromatic nitrogens is 1. The van der Waals surface area contributed by atoms with Crippen LogP contribution < -0.4 is 0 Å². The fraction of sp³-hybridized carbons (Fsp3) is 0. The number of H-pyrrole nitrogens is 1. The molecule has 0 saturated heterocycles. The normalized spacial score (nSPS) is 10.4. The Bertz CT molecular complexity index is 615. The van der Waals surface area contributed by atoms with Gasteiger partial charge < -0.3 is 10.1 Å². The number of phenols is 1. The van der Waals surface area contributed by atoms with E-state index in [9.17, 15) is 5.11 Å². The summed E-state index contributed by atoms with van der Waals surface area (Å²) in [6.07, 6.45) is 0. The van der Waals surface area contributed by atoms with Crippen molar-refractivity contribution in [3.63, 3.8) is 0 Å². The van der Waals surface area contributed by atoms with Crippen molar-refractivity contribution in [2.45, 2.75) is 0 Å². The van der Waals surface area contributed by atoms with Crippen LogP contribution in [-0.2, 0) is 16.8 Å². The van der Waals surface area contributed by atoms with Gasteiger partial charge in [0.2, 0.25) is 0 Å². The Balaban J connectivity index is 0.000000853. The molecule has 0 aliphatic heterocycles. The van der Waals surface area contributed by atoms with Crippen LogP contribution >= 0.6 is 0 Å². The largest absolute Gasteiger partial charge is 0.506 e. The Morgan fingerprint density at radius 2 is 1.60 bits per heavy atom. The molecule has 0 bridgehead atoms. The van der Waals surface area contributed by atoms with Crippen LogP contribution in [0, 0.1) is 0 Å². The van der Waals surface area contributed by atoms with Crippen LogP contribution in [0.5, 0.6) is 5.75 Å². The van der Waals surface area contributed by atoms with Crippen LogP contribution in [-0.4, -0.2) is 10.1 Å². The monoisotopic (exact) mass is 242 g/mol. The first kappa shape index (κ1) is 10.1. The SMILES string of the molecule is Oc1cccc2c1[nH]c1ccccc12.[Co]. The van der Waals surface area contributed by atoms with Crippen LogP contribution in [0.2, 0.25) is 0 Å². The third-order valence-corrected chi connectivity index (χ3v) is 2.52. The molecule has 0 fully saturated rings. The molecule has 0 spiro atoms. The first-order valence-electron chi connectivity index (χ1n) is 4.54. The molecule has 0 aliphatic rings. The summed E-state index contributed by atoms with van der Waals surface area (Å²) >= 11 is 0. The minimum Gasteiger partial charge on any atom is -0.506 e. The van der Waals surface area contributed by atoms with Crippen LogP contribution in [0.15, 0.2) is 42.5 Å². The van der Waals surface area contributed by atoms with E-state index in [2.05, 4.69) is 4.98 Å². The molecule has 77 valence electrons. The molecule has 0 aliphatic carbocycles. The maximum Gasteiger partial charge on any atom is 0.139 e. The van der Waals surface area contributed by atoms with Gasteiger partial charge in [-0.3, -0.25) is 0 Å². The summed E-state index contributed by atoms with van der Waals surface area (Å²) in [6, 6.07) is 13.6. The molecule has 1 radical (unpaired) electrons. The van der Waals surface area contributed by atoms with Crippen molar-refractivity contribution >= 4 is 21.8 Å². The van der Waals surface area contributed by atoms with Gasteiger partial charge in [-0.05, 0) is 12.1 Å². The maximum atomic E-state index is 9.64. The van der Waals surface area contributed by atoms with Gasteiger partial charge in [-0.15, -0.1) is 0 Å². The van der Waals surface area contributed by atoms with E-state index in [-0.39, 0.29) is 16.8 Å². The molecule has 3 aromatic rings. The smallest absolute Gasteiger partial charge is 0.139 e. The molecule has 1 aromatic heterocycles. The molecule has 2 nitrogen and oxygen atoms in total. The summed E-state index contributed by atoms with van der Waals surface area (Å²) in [5.74, 6) is 0.304. The van der Waals surface area contributed by atoms with Crippen molar-refractivity contribution in [2.24, 2.45) is 0 Å². The predicted octanol–water partition coefficient (Wildman–Crippen LogP) is 3.02. The molecule has 0 unspecified atom stereocenters. The fourth-order valence-corrected chi connectivity index (χ4v) is 1.86. The van der Waals surface area contributed by atoms with Gasteiger partial charge in [0.15, 0.2) is 0 Å². The van der Waals surface area contributed by atoms with Gasteiger partial charge in [0.25, 0.3) is 0 Å². The minimum atomic E-state index is 0. The molecular formula is C12H9CoNO. The summed E-state index contributed by atoms with van der Waals surface area (Å²) in [6.45, 7) is 0. The maximum absolute atomic E-state index is 9.64. The Kier molecular flexibility index (Phi) is 2.42. The zero-order valence-electron chi connectivity index (χ0n) is 7.82. The zero-order valence-corrected chi connectivity index (χ0v) is 8.86. The van der Waals surface area contributed by atoms with E-state index in [4.69, 9.17) is 0 Å². The fourth-order valence-electron chi connectivity index (χ4n) is 1.86. The van der Waals surface area contributed by atoms with E-state index in [0.717, 1.165) is 21.8 Å². The first-order valence-corrected chi connectivity index (χ1v) is 4.54. The van der Waals surface area contributed by atoms with E-state index in [1.54, 1.807) is 6.07 Å². The third kappa shape index (κ3) is 1.40. The molecular weight excluding hydrogens is 233 g/mol. The van der Waals surface area contributed by atoms with Gasteiger partial charge >= 0.3 is 0 Å². The van der Waals surface area contributed by atoms with Gasteiger partial charge in [0.05, 0.1) is 5.52 Å². The number of aromatic amines is 1. The number of hydrogen-bond donors (Lipinski definition) is 2. The van der Waals surface area contributed by atoms with E-state index >= 15 is 0 Å². The topological polar surface area (TPSA) is 36.0 Å². The van der Waals surface area contributed by atoms with Gasteiger partial charge in [0.1, 0.15) is 5.75 Å². The Labute approximate surface area is 97.1 Å². The van der Waals surface area contributed by atoms with Crippen molar-refractivity contribution in [2.75, 3.05) is 0 Å². The Morgan fingerprint density at radius 1 is 0.867 bits per heavy atom. The third-order valence-electron chi connectivity index (χ3n) is 2.52. The second kappa shape index (κ2) is 3.60. The second-order valence-electron chi connectivity index (χ2n) is 3.37. The number of fused-ring (bicyclic) bond motifs is 3. The van der Waals surface area contributed by atoms with Crippen molar-refractivity contribution in [1.29, 1.82) is 0 Å². The number of para-hydroxylation sites is 2. The quantitative estimate of drug-likeness (QED) is 0.624. The van der Waals surface area contributed by atoms with E-state index in [1.807, 2.05) is 36.4 Å². The Hall–Kier alpha value is -1.45. The first-order chi connectivity index (χ1) is 6.86. The second-order valence-corrected chi connectivity index (χ2v) is 3.37. The zero-order chi connectivity index (χ0) is 9.54. The number of hydrogen-bond acceptors (Lipinski definition) is 1. The summed E-state index contributed by atoms with van der Waals surface area (Å²) in [7, 11) is 0. The molecule has 15 heavy (non-hydrogen) atoms. The van der Waals surface area contributed by atoms with Crippen LogP contribution in [0.3, 0.4) is 0 Å².